The molecule has 43 heavy (non-hydrogen) atoms. The number of fused-ring (bicyclic) bond motifs is 9. The topological polar surface area (TPSA) is 61.0 Å². The molecule has 7 aromatic rings. The van der Waals surface area contributed by atoms with Crippen LogP contribution in [-0.2, 0) is 5.41 Å². The first-order valence-electron chi connectivity index (χ1n) is 14.3. The fraction of sp³-hybridized carbons (Fsp3) is 0.0263. The van der Waals surface area contributed by atoms with E-state index in [1.54, 1.807) is 6.20 Å². The third-order valence-electron chi connectivity index (χ3n) is 8.60. The normalized spacial score (nSPS) is 13.5. The first kappa shape index (κ1) is 23.9. The van der Waals surface area contributed by atoms with Crippen LogP contribution in [0.4, 0.5) is 0 Å². The summed E-state index contributed by atoms with van der Waals surface area (Å²) in [5.41, 5.74) is 10.3. The number of rotatable bonds is 3. The second-order valence-electron chi connectivity index (χ2n) is 10.9. The van der Waals surface area contributed by atoms with Crippen molar-refractivity contribution in [3.8, 4) is 56.8 Å². The molecule has 0 fully saturated rings. The largest absolute Gasteiger partial charge is 0.457 e. The highest BCUT2D eigenvalue weighted by Gasteiger charge is 2.50. The van der Waals surface area contributed by atoms with E-state index in [9.17, 15) is 0 Å². The minimum atomic E-state index is -0.471. The summed E-state index contributed by atoms with van der Waals surface area (Å²) < 4.78 is 12.6. The molecule has 0 atom stereocenters. The molecule has 5 aromatic carbocycles. The SMILES string of the molecule is c1ccc(-c2nnc(-c3ccc(-c4ccc5c(c4)Oc4ccccc4C54c5ccccc5-c5ccccc54)nc3)o2)cc1. The zero-order chi connectivity index (χ0) is 28.4. The van der Waals surface area contributed by atoms with Gasteiger partial charge in [0.25, 0.3) is 0 Å². The minimum absolute atomic E-state index is 0.434. The average molecular weight is 554 g/mol. The smallest absolute Gasteiger partial charge is 0.249 e. The average Bonchev–Trinajstić information content (AvgIpc) is 3.68. The van der Waals surface area contributed by atoms with Crippen LogP contribution in [0.2, 0.25) is 0 Å². The van der Waals surface area contributed by atoms with E-state index in [0.717, 1.165) is 45.0 Å². The molecule has 5 nitrogen and oxygen atoms in total. The number of nitrogens with zero attached hydrogens (tertiary/aromatic N) is 3. The maximum Gasteiger partial charge on any atom is 0.249 e. The van der Waals surface area contributed by atoms with Crippen LogP contribution < -0.4 is 4.74 Å². The van der Waals surface area contributed by atoms with E-state index in [2.05, 4.69) is 95.1 Å². The Morgan fingerprint density at radius 3 is 1.79 bits per heavy atom. The molecule has 1 aliphatic heterocycles. The molecule has 9 rings (SSSR count). The van der Waals surface area contributed by atoms with Gasteiger partial charge in [-0.3, -0.25) is 4.98 Å². The summed E-state index contributed by atoms with van der Waals surface area (Å²) in [6.45, 7) is 0. The van der Waals surface area contributed by atoms with Gasteiger partial charge in [-0.05, 0) is 58.7 Å². The van der Waals surface area contributed by atoms with E-state index in [1.807, 2.05) is 48.5 Å². The van der Waals surface area contributed by atoms with Crippen LogP contribution in [0.3, 0.4) is 0 Å². The molecule has 3 heterocycles. The van der Waals surface area contributed by atoms with Crippen molar-refractivity contribution in [2.24, 2.45) is 0 Å². The Morgan fingerprint density at radius 2 is 1.07 bits per heavy atom. The molecule has 0 N–H and O–H groups in total. The summed E-state index contributed by atoms with van der Waals surface area (Å²) in [5.74, 6) is 2.62. The number of pyridine rings is 1. The fourth-order valence-corrected chi connectivity index (χ4v) is 6.75. The molecule has 202 valence electrons. The zero-order valence-corrected chi connectivity index (χ0v) is 22.9. The molecule has 2 aliphatic rings. The van der Waals surface area contributed by atoms with Gasteiger partial charge in [-0.2, -0.15) is 0 Å². The van der Waals surface area contributed by atoms with Crippen molar-refractivity contribution in [2.75, 3.05) is 0 Å². The number of aromatic nitrogens is 3. The van der Waals surface area contributed by atoms with Crippen molar-refractivity contribution < 1.29 is 9.15 Å². The van der Waals surface area contributed by atoms with E-state index < -0.39 is 5.41 Å². The van der Waals surface area contributed by atoms with Crippen LogP contribution in [-0.4, -0.2) is 15.2 Å². The van der Waals surface area contributed by atoms with Crippen molar-refractivity contribution in [3.63, 3.8) is 0 Å². The Hall–Kier alpha value is -5.81. The van der Waals surface area contributed by atoms with Crippen LogP contribution in [0.1, 0.15) is 22.3 Å². The predicted octanol–water partition coefficient (Wildman–Crippen LogP) is 8.93. The Morgan fingerprint density at radius 1 is 0.465 bits per heavy atom. The minimum Gasteiger partial charge on any atom is -0.457 e. The molecule has 0 radical (unpaired) electrons. The van der Waals surface area contributed by atoms with E-state index in [4.69, 9.17) is 14.1 Å². The van der Waals surface area contributed by atoms with Crippen LogP contribution in [0.5, 0.6) is 11.5 Å². The highest BCUT2D eigenvalue weighted by atomic mass is 16.5. The monoisotopic (exact) mass is 553 g/mol. The molecular formula is C38H23N3O2. The number of hydrogen-bond donors (Lipinski definition) is 0. The maximum absolute atomic E-state index is 6.63. The maximum atomic E-state index is 6.63. The highest BCUT2D eigenvalue weighted by Crippen LogP contribution is 2.62. The van der Waals surface area contributed by atoms with Crippen molar-refractivity contribution in [2.45, 2.75) is 5.41 Å². The molecule has 1 spiro atoms. The molecule has 0 saturated heterocycles. The summed E-state index contributed by atoms with van der Waals surface area (Å²) in [6.07, 6.45) is 1.78. The number of ether oxygens (including phenoxy) is 1. The Bertz CT molecular complexity index is 2120. The Balaban J connectivity index is 1.15. The fourth-order valence-electron chi connectivity index (χ4n) is 6.75. The van der Waals surface area contributed by atoms with Gasteiger partial charge in [0.2, 0.25) is 11.8 Å². The summed E-state index contributed by atoms with van der Waals surface area (Å²) in [4.78, 5) is 4.78. The molecule has 0 saturated carbocycles. The van der Waals surface area contributed by atoms with Gasteiger partial charge in [-0.1, -0.05) is 97.1 Å². The zero-order valence-electron chi connectivity index (χ0n) is 22.9. The van der Waals surface area contributed by atoms with E-state index in [-0.39, 0.29) is 0 Å². The second kappa shape index (κ2) is 9.10. The highest BCUT2D eigenvalue weighted by molar-refractivity contribution is 5.88. The molecule has 5 heteroatoms. The van der Waals surface area contributed by atoms with Crippen molar-refractivity contribution in [1.29, 1.82) is 0 Å². The third-order valence-corrected chi connectivity index (χ3v) is 8.60. The predicted molar refractivity (Wildman–Crippen MR) is 166 cm³/mol. The first-order chi connectivity index (χ1) is 21.3. The second-order valence-corrected chi connectivity index (χ2v) is 10.9. The number of benzene rings is 5. The molecule has 2 aromatic heterocycles. The van der Waals surface area contributed by atoms with Gasteiger partial charge in [0.1, 0.15) is 11.5 Å². The standard InChI is InChI=1S/C38H23N3O2/c1-2-10-24(11-3-1)36-40-41-37(43-36)26-19-21-33(39-23-26)25-18-20-32-35(22-25)42-34-17-9-8-16-31(34)38(32)29-14-6-4-12-27(29)28-13-5-7-15-30(28)38/h1-23H. The van der Waals surface area contributed by atoms with Gasteiger partial charge < -0.3 is 9.15 Å². The summed E-state index contributed by atoms with van der Waals surface area (Å²) >= 11 is 0. The van der Waals surface area contributed by atoms with Gasteiger partial charge in [0.05, 0.1) is 16.7 Å². The van der Waals surface area contributed by atoms with Gasteiger partial charge in [-0.25, -0.2) is 0 Å². The Kier molecular flexibility index (Phi) is 5.05. The van der Waals surface area contributed by atoms with Gasteiger partial charge in [-0.15, -0.1) is 10.2 Å². The summed E-state index contributed by atoms with van der Waals surface area (Å²) in [7, 11) is 0. The quantitative estimate of drug-likeness (QED) is 0.219. The molecular weight excluding hydrogens is 530 g/mol. The lowest BCUT2D eigenvalue weighted by Gasteiger charge is -2.39. The van der Waals surface area contributed by atoms with Crippen LogP contribution in [0.25, 0.3) is 45.3 Å². The van der Waals surface area contributed by atoms with Crippen molar-refractivity contribution in [1.82, 2.24) is 15.2 Å². The molecule has 1 aliphatic carbocycles. The van der Waals surface area contributed by atoms with Crippen molar-refractivity contribution in [3.05, 3.63) is 162 Å². The summed E-state index contributed by atoms with van der Waals surface area (Å²) in [6, 6.07) is 46.0. The molecule has 0 amide bonds. The lowest BCUT2D eigenvalue weighted by atomic mass is 9.66. The number of para-hydroxylation sites is 1. The van der Waals surface area contributed by atoms with Gasteiger partial charge >= 0.3 is 0 Å². The van der Waals surface area contributed by atoms with Crippen LogP contribution in [0.15, 0.2) is 144 Å². The lowest BCUT2D eigenvalue weighted by Crippen LogP contribution is -2.32. The molecule has 0 bridgehead atoms. The van der Waals surface area contributed by atoms with Crippen molar-refractivity contribution >= 4 is 0 Å². The number of hydrogen-bond acceptors (Lipinski definition) is 5. The van der Waals surface area contributed by atoms with E-state index in [0.29, 0.717) is 11.8 Å². The van der Waals surface area contributed by atoms with Crippen LogP contribution >= 0.6 is 0 Å². The first-order valence-corrected chi connectivity index (χ1v) is 14.3. The Labute approximate surface area is 248 Å². The van der Waals surface area contributed by atoms with E-state index in [1.165, 1.54) is 22.3 Å². The van der Waals surface area contributed by atoms with Gasteiger partial charge in [0, 0.05) is 28.5 Å². The summed E-state index contributed by atoms with van der Waals surface area (Å²) in [5, 5.41) is 8.46. The molecule has 0 unspecified atom stereocenters. The van der Waals surface area contributed by atoms with Gasteiger partial charge in [0.15, 0.2) is 0 Å². The third kappa shape index (κ3) is 3.42. The van der Waals surface area contributed by atoms with E-state index >= 15 is 0 Å². The van der Waals surface area contributed by atoms with Crippen LogP contribution in [0, 0.1) is 0 Å². The lowest BCUT2D eigenvalue weighted by molar-refractivity contribution is 0.436.